The highest BCUT2D eigenvalue weighted by molar-refractivity contribution is 5.81. The molecule has 57 valence electrons. The standard InChI is InChI=1S/C6H8O3.CH3/c1-2-6(7)9-4-5-3-8-5;/h2,5H,1,3-4H2;1H3. The second kappa shape index (κ2) is 4.06. The van der Waals surface area contributed by atoms with E-state index in [-0.39, 0.29) is 19.5 Å². The van der Waals surface area contributed by atoms with Gasteiger partial charge in [0.25, 0.3) is 0 Å². The SMILES string of the molecule is C=CC(=O)OCC1CO1.[CH3]. The summed E-state index contributed by atoms with van der Waals surface area (Å²) in [5.74, 6) is -0.384. The molecule has 0 aromatic heterocycles. The van der Waals surface area contributed by atoms with E-state index in [0.717, 1.165) is 6.08 Å². The third kappa shape index (κ3) is 3.25. The van der Waals surface area contributed by atoms with Gasteiger partial charge in [-0.1, -0.05) is 14.0 Å². The van der Waals surface area contributed by atoms with Crippen LogP contribution in [0.15, 0.2) is 12.7 Å². The molecule has 0 N–H and O–H groups in total. The van der Waals surface area contributed by atoms with Crippen molar-refractivity contribution < 1.29 is 14.3 Å². The van der Waals surface area contributed by atoms with Crippen LogP contribution in [-0.4, -0.2) is 25.3 Å². The Morgan fingerprint density at radius 3 is 2.90 bits per heavy atom. The van der Waals surface area contributed by atoms with Crippen molar-refractivity contribution in [1.82, 2.24) is 0 Å². The van der Waals surface area contributed by atoms with Crippen molar-refractivity contribution in [2.45, 2.75) is 6.10 Å². The molecule has 3 nitrogen and oxygen atoms in total. The van der Waals surface area contributed by atoms with E-state index in [1.165, 1.54) is 0 Å². The van der Waals surface area contributed by atoms with Crippen molar-refractivity contribution in [3.8, 4) is 0 Å². The van der Waals surface area contributed by atoms with Gasteiger partial charge in [0.2, 0.25) is 0 Å². The van der Waals surface area contributed by atoms with Crippen molar-refractivity contribution in [1.29, 1.82) is 0 Å². The Bertz CT molecular complexity index is 127. The summed E-state index contributed by atoms with van der Waals surface area (Å²) in [6.45, 7) is 4.32. The Hall–Kier alpha value is -0.830. The molecule has 1 heterocycles. The first-order chi connectivity index (χ1) is 4.33. The van der Waals surface area contributed by atoms with E-state index in [1.807, 2.05) is 0 Å². The van der Waals surface area contributed by atoms with Crippen LogP contribution in [0.25, 0.3) is 0 Å². The highest BCUT2D eigenvalue weighted by Gasteiger charge is 2.23. The lowest BCUT2D eigenvalue weighted by molar-refractivity contribution is -0.138. The summed E-state index contributed by atoms with van der Waals surface area (Å²) in [5.41, 5.74) is 0. The zero-order valence-electron chi connectivity index (χ0n) is 6.00. The van der Waals surface area contributed by atoms with Crippen LogP contribution >= 0.6 is 0 Å². The summed E-state index contributed by atoms with van der Waals surface area (Å²) in [4.78, 5) is 10.3. The maximum Gasteiger partial charge on any atom is 0.330 e. The van der Waals surface area contributed by atoms with Crippen LogP contribution in [-0.2, 0) is 14.3 Å². The van der Waals surface area contributed by atoms with Gasteiger partial charge >= 0.3 is 5.97 Å². The number of carbonyl (C=O) groups excluding carboxylic acids is 1. The van der Waals surface area contributed by atoms with Crippen LogP contribution in [0.1, 0.15) is 0 Å². The van der Waals surface area contributed by atoms with Crippen molar-refractivity contribution >= 4 is 5.97 Å². The molecule has 1 fully saturated rings. The maximum absolute atomic E-state index is 10.3. The summed E-state index contributed by atoms with van der Waals surface area (Å²) in [6, 6.07) is 0. The fourth-order valence-electron chi connectivity index (χ4n) is 0.398. The molecule has 1 unspecified atom stereocenters. The zero-order valence-corrected chi connectivity index (χ0v) is 6.00. The van der Waals surface area contributed by atoms with Crippen molar-refractivity contribution in [3.63, 3.8) is 0 Å². The average Bonchev–Trinajstić information content (AvgIpc) is 2.65. The fourth-order valence-corrected chi connectivity index (χ4v) is 0.398. The Morgan fingerprint density at radius 1 is 1.90 bits per heavy atom. The summed E-state index contributed by atoms with van der Waals surface area (Å²) in [5, 5.41) is 0. The van der Waals surface area contributed by atoms with E-state index >= 15 is 0 Å². The Balaban J connectivity index is 0.000000810. The smallest absolute Gasteiger partial charge is 0.330 e. The zero-order chi connectivity index (χ0) is 6.69. The first kappa shape index (κ1) is 9.17. The minimum Gasteiger partial charge on any atom is -0.460 e. The first-order valence-corrected chi connectivity index (χ1v) is 2.73. The van der Waals surface area contributed by atoms with Gasteiger partial charge in [-0.2, -0.15) is 0 Å². The summed E-state index contributed by atoms with van der Waals surface area (Å²) in [7, 11) is 0. The normalized spacial score (nSPS) is 20.6. The minimum atomic E-state index is -0.384. The third-order valence-corrected chi connectivity index (χ3v) is 0.981. The predicted molar refractivity (Wildman–Crippen MR) is 37.3 cm³/mol. The van der Waals surface area contributed by atoms with E-state index in [2.05, 4.69) is 11.3 Å². The quantitative estimate of drug-likeness (QED) is 0.329. The number of hydrogen-bond acceptors (Lipinski definition) is 3. The van der Waals surface area contributed by atoms with Gasteiger partial charge in [-0.3, -0.25) is 0 Å². The first-order valence-electron chi connectivity index (χ1n) is 2.73. The largest absolute Gasteiger partial charge is 0.460 e. The Labute approximate surface area is 60.6 Å². The molecule has 0 amide bonds. The molecule has 1 atom stereocenters. The van der Waals surface area contributed by atoms with Crippen LogP contribution in [0.5, 0.6) is 0 Å². The van der Waals surface area contributed by atoms with Gasteiger partial charge in [-0.25, -0.2) is 4.79 Å². The molecule has 10 heavy (non-hydrogen) atoms. The van der Waals surface area contributed by atoms with Gasteiger partial charge < -0.3 is 9.47 Å². The molecular weight excluding hydrogens is 132 g/mol. The van der Waals surface area contributed by atoms with E-state index in [1.54, 1.807) is 0 Å². The molecule has 0 aliphatic carbocycles. The minimum absolute atomic E-state index is 0. The molecule has 1 radical (unpaired) electrons. The van der Waals surface area contributed by atoms with Gasteiger partial charge in [0.15, 0.2) is 0 Å². The molecule has 1 saturated heterocycles. The second-order valence-electron chi connectivity index (χ2n) is 1.79. The van der Waals surface area contributed by atoms with Crippen molar-refractivity contribution in [3.05, 3.63) is 20.1 Å². The predicted octanol–water partition coefficient (Wildman–Crippen LogP) is 0.565. The molecule has 1 rings (SSSR count). The van der Waals surface area contributed by atoms with E-state index in [4.69, 9.17) is 4.74 Å². The van der Waals surface area contributed by atoms with Gasteiger partial charge in [0, 0.05) is 6.08 Å². The Morgan fingerprint density at radius 2 is 2.50 bits per heavy atom. The Kier molecular flexibility index (Phi) is 3.72. The number of esters is 1. The molecule has 0 aromatic rings. The number of epoxide rings is 1. The average molecular weight is 143 g/mol. The maximum atomic E-state index is 10.3. The molecule has 1 aliphatic rings. The highest BCUT2D eigenvalue weighted by Crippen LogP contribution is 2.08. The van der Waals surface area contributed by atoms with Gasteiger partial charge in [-0.15, -0.1) is 0 Å². The molecule has 0 saturated carbocycles. The van der Waals surface area contributed by atoms with Gasteiger partial charge in [-0.05, 0) is 0 Å². The summed E-state index contributed by atoms with van der Waals surface area (Å²) >= 11 is 0. The van der Waals surface area contributed by atoms with Crippen molar-refractivity contribution in [2.24, 2.45) is 0 Å². The van der Waals surface area contributed by atoms with E-state index < -0.39 is 0 Å². The van der Waals surface area contributed by atoms with Crippen LogP contribution in [0.3, 0.4) is 0 Å². The van der Waals surface area contributed by atoms with Crippen LogP contribution in [0.4, 0.5) is 0 Å². The third-order valence-electron chi connectivity index (χ3n) is 0.981. The van der Waals surface area contributed by atoms with Crippen LogP contribution < -0.4 is 0 Å². The van der Waals surface area contributed by atoms with E-state index in [9.17, 15) is 4.79 Å². The summed E-state index contributed by atoms with van der Waals surface area (Å²) < 4.78 is 9.42. The second-order valence-corrected chi connectivity index (χ2v) is 1.79. The summed E-state index contributed by atoms with van der Waals surface area (Å²) in [6.07, 6.45) is 1.29. The number of ether oxygens (including phenoxy) is 2. The molecule has 3 heteroatoms. The molecule has 0 bridgehead atoms. The van der Waals surface area contributed by atoms with Crippen molar-refractivity contribution in [2.75, 3.05) is 13.2 Å². The number of carbonyl (C=O) groups is 1. The van der Waals surface area contributed by atoms with Crippen LogP contribution in [0, 0.1) is 7.43 Å². The topological polar surface area (TPSA) is 38.8 Å². The lowest BCUT2D eigenvalue weighted by Gasteiger charge is -1.94. The fraction of sp³-hybridized carbons (Fsp3) is 0.429. The molecule has 0 spiro atoms. The van der Waals surface area contributed by atoms with Crippen LogP contribution in [0.2, 0.25) is 0 Å². The van der Waals surface area contributed by atoms with E-state index in [0.29, 0.717) is 13.2 Å². The number of rotatable bonds is 3. The molecule has 0 aromatic carbocycles. The van der Waals surface area contributed by atoms with Gasteiger partial charge in [0.05, 0.1) is 6.61 Å². The van der Waals surface area contributed by atoms with Gasteiger partial charge in [0.1, 0.15) is 12.7 Å². The lowest BCUT2D eigenvalue weighted by atomic mass is 10.5. The molecule has 1 aliphatic heterocycles. The number of hydrogen-bond donors (Lipinski definition) is 0. The lowest BCUT2D eigenvalue weighted by Crippen LogP contribution is -2.06. The highest BCUT2D eigenvalue weighted by atomic mass is 16.6. The monoisotopic (exact) mass is 143 g/mol. The molecular formula is C7H11O3.